The van der Waals surface area contributed by atoms with E-state index in [0.29, 0.717) is 29.7 Å². The van der Waals surface area contributed by atoms with Crippen molar-refractivity contribution in [2.24, 2.45) is 4.99 Å². The Morgan fingerprint density at radius 2 is 1.88 bits per heavy atom. The number of ether oxygens (including phenoxy) is 1. The smallest absolute Gasteiger partial charge is 0.162 e. The lowest BCUT2D eigenvalue weighted by molar-refractivity contribution is 0.134. The number of methoxy groups -OCH3 is 1. The monoisotopic (exact) mass is 430 g/mol. The van der Waals surface area contributed by atoms with Crippen molar-refractivity contribution in [3.63, 3.8) is 0 Å². The molecule has 0 bridgehead atoms. The summed E-state index contributed by atoms with van der Waals surface area (Å²) in [5.41, 5.74) is 4.49. The number of allylic oxidation sites excluding steroid dienone is 1. The van der Waals surface area contributed by atoms with Crippen LogP contribution in [0.3, 0.4) is 0 Å². The van der Waals surface area contributed by atoms with Crippen LogP contribution in [0.1, 0.15) is 52.1 Å². The molecule has 1 saturated heterocycles. The lowest BCUT2D eigenvalue weighted by Crippen LogP contribution is -2.57. The Hall–Kier alpha value is -3.06. The fourth-order valence-electron chi connectivity index (χ4n) is 5.33. The second kappa shape index (κ2) is 7.52. The summed E-state index contributed by atoms with van der Waals surface area (Å²) in [5, 5.41) is 14.0. The number of rotatable bonds is 4. The number of hydrogen-bond acceptors (Lipinski definition) is 6. The Balaban J connectivity index is 1.50. The summed E-state index contributed by atoms with van der Waals surface area (Å²) in [5.74, 6) is 0.679. The van der Waals surface area contributed by atoms with Crippen LogP contribution in [0.4, 0.5) is 0 Å². The van der Waals surface area contributed by atoms with Gasteiger partial charge in [-0.25, -0.2) is 4.98 Å². The van der Waals surface area contributed by atoms with Gasteiger partial charge >= 0.3 is 0 Å². The summed E-state index contributed by atoms with van der Waals surface area (Å²) in [4.78, 5) is 8.92. The molecule has 3 aromatic heterocycles. The molecule has 7 nitrogen and oxygen atoms in total. The van der Waals surface area contributed by atoms with Crippen LogP contribution in [0.5, 0.6) is 5.75 Å². The summed E-state index contributed by atoms with van der Waals surface area (Å²) in [6.45, 7) is 9.79. The van der Waals surface area contributed by atoms with Gasteiger partial charge in [0.15, 0.2) is 5.65 Å². The van der Waals surface area contributed by atoms with Gasteiger partial charge in [0.05, 0.1) is 13.7 Å². The zero-order valence-electron chi connectivity index (χ0n) is 19.4. The van der Waals surface area contributed by atoms with Gasteiger partial charge in [-0.15, -0.1) is 10.2 Å². The van der Waals surface area contributed by atoms with Crippen LogP contribution in [-0.4, -0.2) is 50.7 Å². The molecule has 2 aliphatic rings. The molecule has 5 heterocycles. The van der Waals surface area contributed by atoms with Gasteiger partial charge in [-0.3, -0.25) is 4.99 Å². The van der Waals surface area contributed by atoms with Gasteiger partial charge in [0.2, 0.25) is 0 Å². The van der Waals surface area contributed by atoms with Crippen LogP contribution in [0, 0.1) is 0 Å². The lowest BCUT2D eigenvalue weighted by Gasteiger charge is -2.47. The minimum atomic E-state index is 0.0644. The van der Waals surface area contributed by atoms with Gasteiger partial charge in [0, 0.05) is 46.7 Å². The Bertz CT molecular complexity index is 1220. The third-order valence-corrected chi connectivity index (χ3v) is 6.32. The second-order valence-corrected chi connectivity index (χ2v) is 10.1. The number of pyridine rings is 1. The predicted molar refractivity (Wildman–Crippen MR) is 128 cm³/mol. The Labute approximate surface area is 188 Å². The molecular formula is C25H30N6O. The molecule has 0 saturated carbocycles. The molecule has 0 aliphatic carbocycles. The molecule has 0 spiro atoms. The van der Waals surface area contributed by atoms with E-state index >= 15 is 0 Å². The fraction of sp³-hybridized carbons (Fsp3) is 0.440. The number of piperidine rings is 1. The molecule has 1 fully saturated rings. The predicted octanol–water partition coefficient (Wildman–Crippen LogP) is 4.45. The first kappa shape index (κ1) is 20.8. The third-order valence-electron chi connectivity index (χ3n) is 6.32. The van der Waals surface area contributed by atoms with Crippen molar-refractivity contribution in [3.05, 3.63) is 42.2 Å². The van der Waals surface area contributed by atoms with E-state index in [4.69, 9.17) is 4.74 Å². The molecule has 1 N–H and O–H groups in total. The van der Waals surface area contributed by atoms with Gasteiger partial charge < -0.3 is 14.6 Å². The van der Waals surface area contributed by atoms with Gasteiger partial charge in [0.25, 0.3) is 0 Å². The van der Waals surface area contributed by atoms with Crippen LogP contribution in [0.15, 0.2) is 41.7 Å². The first-order valence-electron chi connectivity index (χ1n) is 11.1. The Kier molecular flexibility index (Phi) is 4.89. The molecule has 32 heavy (non-hydrogen) atoms. The molecule has 0 radical (unpaired) electrons. The number of aromatic nitrogens is 4. The van der Waals surface area contributed by atoms with E-state index in [-0.39, 0.29) is 11.1 Å². The van der Waals surface area contributed by atoms with E-state index in [1.54, 1.807) is 7.11 Å². The molecule has 3 aromatic rings. The highest BCUT2D eigenvalue weighted by Gasteiger charge is 2.38. The average molecular weight is 431 g/mol. The molecule has 5 rings (SSSR count). The zero-order chi connectivity index (χ0) is 22.5. The summed E-state index contributed by atoms with van der Waals surface area (Å²) in [6, 6.07) is 6.53. The van der Waals surface area contributed by atoms with Gasteiger partial charge in [-0.2, -0.15) is 0 Å². The Morgan fingerprint density at radius 3 is 2.56 bits per heavy atom. The van der Waals surface area contributed by atoms with Crippen molar-refractivity contribution < 1.29 is 4.74 Å². The van der Waals surface area contributed by atoms with E-state index in [1.165, 1.54) is 0 Å². The minimum Gasteiger partial charge on any atom is -0.494 e. The number of nitrogens with zero attached hydrogens (tertiary/aromatic N) is 5. The average Bonchev–Trinajstić information content (AvgIpc) is 3.40. The number of aliphatic imine (C=N–C) groups is 1. The maximum Gasteiger partial charge on any atom is 0.162 e. The van der Waals surface area contributed by atoms with E-state index in [1.807, 2.05) is 18.5 Å². The maximum atomic E-state index is 5.64. The van der Waals surface area contributed by atoms with E-state index in [9.17, 15) is 0 Å². The van der Waals surface area contributed by atoms with Crippen molar-refractivity contribution in [1.29, 1.82) is 0 Å². The minimum absolute atomic E-state index is 0.0644. The van der Waals surface area contributed by atoms with E-state index in [2.05, 4.69) is 82.2 Å². The highest BCUT2D eigenvalue weighted by atomic mass is 16.5. The summed E-state index contributed by atoms with van der Waals surface area (Å²) < 4.78 is 7.93. The van der Waals surface area contributed by atoms with Crippen LogP contribution in [-0.2, 0) is 0 Å². The highest BCUT2D eigenvalue weighted by Crippen LogP contribution is 2.38. The molecular weight excluding hydrogens is 400 g/mol. The molecule has 166 valence electrons. The molecule has 0 amide bonds. The first-order valence-corrected chi connectivity index (χ1v) is 11.1. The quantitative estimate of drug-likeness (QED) is 0.662. The first-order chi connectivity index (χ1) is 15.2. The topological polar surface area (TPSA) is 77.2 Å². The van der Waals surface area contributed by atoms with E-state index in [0.717, 1.165) is 35.0 Å². The van der Waals surface area contributed by atoms with Crippen LogP contribution in [0.25, 0.3) is 28.0 Å². The SMILES string of the molecule is COc1cc(C2=CCN=C2)cnc1-c1cc2ccn(C3CC(C)(C)NC(C)(C)C3)c2nn1. The Morgan fingerprint density at radius 1 is 1.09 bits per heavy atom. The number of nitrogens with one attached hydrogen (secondary N) is 1. The molecule has 7 heteroatoms. The van der Waals surface area contributed by atoms with Crippen molar-refractivity contribution in [1.82, 2.24) is 25.1 Å². The standard InChI is InChI=1S/C25H30N6O/c1-24(2)12-19(13-25(3,4)30-24)31-9-7-16-10-20(28-29-23(16)31)22-21(32-5)11-18(15-27-22)17-6-8-26-14-17/h6-7,9-11,14-15,19,30H,8,12-13H2,1-5H3. The van der Waals surface area contributed by atoms with Gasteiger partial charge in [-0.05, 0) is 64.3 Å². The van der Waals surface area contributed by atoms with Crippen molar-refractivity contribution in [2.45, 2.75) is 57.7 Å². The third kappa shape index (κ3) is 3.81. The zero-order valence-corrected chi connectivity index (χ0v) is 19.4. The number of hydrogen-bond donors (Lipinski definition) is 1. The molecule has 0 aromatic carbocycles. The summed E-state index contributed by atoms with van der Waals surface area (Å²) >= 11 is 0. The number of fused-ring (bicyclic) bond motifs is 1. The molecule has 0 atom stereocenters. The normalized spacial score (nSPS) is 20.0. The maximum absolute atomic E-state index is 5.64. The second-order valence-electron chi connectivity index (χ2n) is 10.1. The molecule has 2 aliphatic heterocycles. The largest absolute Gasteiger partial charge is 0.494 e. The summed E-state index contributed by atoms with van der Waals surface area (Å²) in [7, 11) is 1.66. The highest BCUT2D eigenvalue weighted by molar-refractivity contribution is 6.11. The van der Waals surface area contributed by atoms with Crippen LogP contribution >= 0.6 is 0 Å². The van der Waals surface area contributed by atoms with Gasteiger partial charge in [-0.1, -0.05) is 6.08 Å². The van der Waals surface area contributed by atoms with Crippen molar-refractivity contribution in [3.8, 4) is 17.1 Å². The fourth-order valence-corrected chi connectivity index (χ4v) is 5.33. The lowest BCUT2D eigenvalue weighted by atomic mass is 9.79. The van der Waals surface area contributed by atoms with Crippen molar-refractivity contribution in [2.75, 3.05) is 13.7 Å². The van der Waals surface area contributed by atoms with Crippen molar-refractivity contribution >= 4 is 22.8 Å². The van der Waals surface area contributed by atoms with E-state index < -0.39 is 0 Å². The molecule has 0 unspecified atom stereocenters. The van der Waals surface area contributed by atoms with Crippen LogP contribution in [0.2, 0.25) is 0 Å². The van der Waals surface area contributed by atoms with Gasteiger partial charge in [0.1, 0.15) is 17.1 Å². The summed E-state index contributed by atoms with van der Waals surface area (Å²) in [6.07, 6.45) is 10.0. The van der Waals surface area contributed by atoms with Crippen LogP contribution < -0.4 is 10.1 Å².